The second-order valence-electron chi connectivity index (χ2n) is 6.40. The Bertz CT molecular complexity index is 441. The maximum Gasteiger partial charge on any atom is 0.0951 e. The summed E-state index contributed by atoms with van der Waals surface area (Å²) in [5.74, 6) is 0. The molecule has 0 bridgehead atoms. The van der Waals surface area contributed by atoms with Crippen LogP contribution in [0.4, 0.5) is 0 Å². The molecule has 0 aromatic carbocycles. The summed E-state index contributed by atoms with van der Waals surface area (Å²) in [6.45, 7) is 9.84. The molecule has 0 spiro atoms. The van der Waals surface area contributed by atoms with Crippen molar-refractivity contribution in [3.63, 3.8) is 0 Å². The van der Waals surface area contributed by atoms with E-state index in [4.69, 9.17) is 5.73 Å². The highest BCUT2D eigenvalue weighted by atomic mass is 15.3. The first-order chi connectivity index (χ1) is 9.70. The second-order valence-corrected chi connectivity index (χ2v) is 6.40. The van der Waals surface area contributed by atoms with Crippen LogP contribution in [0.5, 0.6) is 0 Å². The molecule has 0 radical (unpaired) electrons. The number of fused-ring (bicyclic) bond motifs is 1. The third-order valence-corrected chi connectivity index (χ3v) is 4.88. The molecule has 2 aliphatic rings. The predicted molar refractivity (Wildman–Crippen MR) is 80.6 cm³/mol. The molecule has 1 aromatic heterocycles. The van der Waals surface area contributed by atoms with Gasteiger partial charge in [0.2, 0.25) is 0 Å². The topological polar surface area (TPSA) is 50.3 Å². The molecule has 20 heavy (non-hydrogen) atoms. The zero-order valence-corrected chi connectivity index (χ0v) is 12.7. The molecule has 112 valence electrons. The summed E-state index contributed by atoms with van der Waals surface area (Å²) in [4.78, 5) is 9.56. The smallest absolute Gasteiger partial charge is 0.0951 e. The van der Waals surface area contributed by atoms with Crippen LogP contribution in [0.15, 0.2) is 12.5 Å². The fourth-order valence-electron chi connectivity index (χ4n) is 3.76. The van der Waals surface area contributed by atoms with Gasteiger partial charge in [-0.2, -0.15) is 0 Å². The van der Waals surface area contributed by atoms with E-state index in [2.05, 4.69) is 33.2 Å². The van der Waals surface area contributed by atoms with E-state index in [9.17, 15) is 0 Å². The molecular formula is C15H27N5. The van der Waals surface area contributed by atoms with Crippen molar-refractivity contribution in [1.29, 1.82) is 0 Å². The lowest BCUT2D eigenvalue weighted by atomic mass is 10.1. The van der Waals surface area contributed by atoms with E-state index in [1.165, 1.54) is 31.6 Å². The number of aromatic nitrogens is 2. The Labute approximate surface area is 121 Å². The van der Waals surface area contributed by atoms with Crippen LogP contribution in [0.3, 0.4) is 0 Å². The van der Waals surface area contributed by atoms with Crippen molar-refractivity contribution in [3.8, 4) is 0 Å². The largest absolute Gasteiger partial charge is 0.331 e. The maximum atomic E-state index is 6.10. The predicted octanol–water partition coefficient (Wildman–Crippen LogP) is 1.24. The fourth-order valence-corrected chi connectivity index (χ4v) is 3.76. The lowest BCUT2D eigenvalue weighted by Crippen LogP contribution is -2.52. The summed E-state index contributed by atoms with van der Waals surface area (Å²) in [7, 11) is 0. The summed E-state index contributed by atoms with van der Waals surface area (Å²) < 4.78 is 2.26. The second kappa shape index (κ2) is 5.84. The SMILES string of the molecule is CC(C)n1cncc1C(CN)N1CCN2CCCC2C1. The Balaban J connectivity index is 1.77. The number of nitrogens with two attached hydrogens (primary N) is 1. The summed E-state index contributed by atoms with van der Waals surface area (Å²) in [6.07, 6.45) is 6.64. The van der Waals surface area contributed by atoms with Gasteiger partial charge in [-0.15, -0.1) is 0 Å². The molecule has 5 heteroatoms. The van der Waals surface area contributed by atoms with E-state index in [1.54, 1.807) is 0 Å². The van der Waals surface area contributed by atoms with Gasteiger partial charge in [0.05, 0.1) is 18.1 Å². The Kier molecular flexibility index (Phi) is 4.10. The highest BCUT2D eigenvalue weighted by molar-refractivity contribution is 5.09. The van der Waals surface area contributed by atoms with Crippen molar-refractivity contribution in [2.75, 3.05) is 32.7 Å². The number of imidazole rings is 1. The van der Waals surface area contributed by atoms with Crippen LogP contribution in [0.25, 0.3) is 0 Å². The summed E-state index contributed by atoms with van der Waals surface area (Å²) >= 11 is 0. The van der Waals surface area contributed by atoms with Crippen molar-refractivity contribution in [3.05, 3.63) is 18.2 Å². The molecule has 1 aromatic rings. The van der Waals surface area contributed by atoms with Crippen molar-refractivity contribution in [1.82, 2.24) is 19.4 Å². The maximum absolute atomic E-state index is 6.10. The molecule has 2 N–H and O–H groups in total. The van der Waals surface area contributed by atoms with Gasteiger partial charge < -0.3 is 10.3 Å². The van der Waals surface area contributed by atoms with E-state index in [1.807, 2.05) is 12.5 Å². The van der Waals surface area contributed by atoms with Crippen molar-refractivity contribution in [2.45, 2.75) is 44.8 Å². The minimum atomic E-state index is 0.308. The first-order valence-electron chi connectivity index (χ1n) is 7.90. The molecule has 3 rings (SSSR count). The van der Waals surface area contributed by atoms with E-state index in [0.29, 0.717) is 18.6 Å². The Morgan fingerprint density at radius 3 is 2.95 bits per heavy atom. The van der Waals surface area contributed by atoms with Crippen LogP contribution in [0.1, 0.15) is 44.5 Å². The standard InChI is InChI=1S/C15H27N5/c1-12(2)20-11-17-9-15(20)14(8-16)19-7-6-18-5-3-4-13(18)10-19/h9,11-14H,3-8,10,16H2,1-2H3. The molecule has 0 aliphatic carbocycles. The Morgan fingerprint density at radius 2 is 2.20 bits per heavy atom. The van der Waals surface area contributed by atoms with E-state index in [0.717, 1.165) is 19.1 Å². The van der Waals surface area contributed by atoms with Gasteiger partial charge in [0, 0.05) is 44.5 Å². The lowest BCUT2D eigenvalue weighted by molar-refractivity contribution is 0.0708. The minimum absolute atomic E-state index is 0.308. The normalized spacial score (nSPS) is 26.1. The van der Waals surface area contributed by atoms with Crippen molar-refractivity contribution >= 4 is 0 Å². The highest BCUT2D eigenvalue weighted by Gasteiger charge is 2.34. The molecule has 2 unspecified atom stereocenters. The molecule has 0 saturated carbocycles. The molecule has 5 nitrogen and oxygen atoms in total. The quantitative estimate of drug-likeness (QED) is 0.900. The molecule has 0 amide bonds. The van der Waals surface area contributed by atoms with E-state index < -0.39 is 0 Å². The molecule has 3 heterocycles. The molecule has 2 atom stereocenters. The van der Waals surface area contributed by atoms with Gasteiger partial charge in [-0.05, 0) is 33.2 Å². The van der Waals surface area contributed by atoms with Gasteiger partial charge in [0.1, 0.15) is 0 Å². The van der Waals surface area contributed by atoms with Crippen LogP contribution < -0.4 is 5.73 Å². The number of hydrogen-bond acceptors (Lipinski definition) is 4. The van der Waals surface area contributed by atoms with Crippen LogP contribution in [-0.2, 0) is 0 Å². The first-order valence-corrected chi connectivity index (χ1v) is 7.90. The van der Waals surface area contributed by atoms with Crippen LogP contribution in [0.2, 0.25) is 0 Å². The zero-order valence-electron chi connectivity index (χ0n) is 12.7. The highest BCUT2D eigenvalue weighted by Crippen LogP contribution is 2.28. The molecular weight excluding hydrogens is 250 g/mol. The van der Waals surface area contributed by atoms with Crippen molar-refractivity contribution in [2.24, 2.45) is 5.73 Å². The van der Waals surface area contributed by atoms with Gasteiger partial charge in [0.15, 0.2) is 0 Å². The number of rotatable bonds is 4. The Morgan fingerprint density at radius 1 is 1.35 bits per heavy atom. The molecule has 2 fully saturated rings. The zero-order chi connectivity index (χ0) is 14.1. The fraction of sp³-hybridized carbons (Fsp3) is 0.800. The number of piperazine rings is 1. The number of hydrogen-bond donors (Lipinski definition) is 1. The Hall–Kier alpha value is -0.910. The van der Waals surface area contributed by atoms with E-state index >= 15 is 0 Å². The van der Waals surface area contributed by atoms with Crippen LogP contribution >= 0.6 is 0 Å². The monoisotopic (exact) mass is 277 g/mol. The van der Waals surface area contributed by atoms with Gasteiger partial charge in [-0.1, -0.05) is 0 Å². The van der Waals surface area contributed by atoms with Gasteiger partial charge in [-0.25, -0.2) is 4.98 Å². The van der Waals surface area contributed by atoms with Crippen LogP contribution in [-0.4, -0.2) is 58.1 Å². The summed E-state index contributed by atoms with van der Waals surface area (Å²) in [5.41, 5.74) is 7.38. The minimum Gasteiger partial charge on any atom is -0.331 e. The molecule has 2 saturated heterocycles. The van der Waals surface area contributed by atoms with Crippen LogP contribution in [0, 0.1) is 0 Å². The molecule has 2 aliphatic heterocycles. The van der Waals surface area contributed by atoms with Gasteiger partial charge in [-0.3, -0.25) is 9.80 Å². The third-order valence-electron chi connectivity index (χ3n) is 4.88. The summed E-state index contributed by atoms with van der Waals surface area (Å²) in [5, 5.41) is 0. The van der Waals surface area contributed by atoms with E-state index in [-0.39, 0.29) is 0 Å². The average Bonchev–Trinajstić information content (AvgIpc) is 3.07. The first kappa shape index (κ1) is 14.0. The summed E-state index contributed by atoms with van der Waals surface area (Å²) in [6, 6.07) is 1.49. The lowest BCUT2D eigenvalue weighted by Gasteiger charge is -2.41. The third kappa shape index (κ3) is 2.50. The van der Waals surface area contributed by atoms with Gasteiger partial charge in [0.25, 0.3) is 0 Å². The number of nitrogens with zero attached hydrogens (tertiary/aromatic N) is 4. The van der Waals surface area contributed by atoms with Crippen molar-refractivity contribution < 1.29 is 0 Å². The van der Waals surface area contributed by atoms with Gasteiger partial charge >= 0.3 is 0 Å². The average molecular weight is 277 g/mol.